The second kappa shape index (κ2) is 4.48. The molecule has 0 aliphatic heterocycles. The molecule has 2 nitrogen and oxygen atoms in total. The standard InChI is InChI=1S/C13H9Cl2FN2/c14-8-3-4-9(10(16)5-8)11-6-12(15)18-13(17-11)7-1-2-7/h3-7H,1-2H2. The van der Waals surface area contributed by atoms with Crippen molar-refractivity contribution in [3.63, 3.8) is 0 Å². The van der Waals surface area contributed by atoms with Gasteiger partial charge in [0, 0.05) is 22.6 Å². The average molecular weight is 283 g/mol. The number of hydrogen-bond donors (Lipinski definition) is 0. The molecule has 2 aromatic rings. The summed E-state index contributed by atoms with van der Waals surface area (Å²) < 4.78 is 13.8. The highest BCUT2D eigenvalue weighted by Gasteiger charge is 2.27. The van der Waals surface area contributed by atoms with Gasteiger partial charge in [-0.15, -0.1) is 0 Å². The molecule has 5 heteroatoms. The van der Waals surface area contributed by atoms with Crippen LogP contribution >= 0.6 is 23.2 Å². The van der Waals surface area contributed by atoms with Crippen molar-refractivity contribution >= 4 is 23.2 Å². The van der Waals surface area contributed by atoms with Crippen molar-refractivity contribution in [2.24, 2.45) is 0 Å². The van der Waals surface area contributed by atoms with Crippen LogP contribution in [0, 0.1) is 5.82 Å². The van der Waals surface area contributed by atoms with E-state index in [0.717, 1.165) is 12.8 Å². The molecule has 1 aromatic carbocycles. The molecule has 0 unspecified atom stereocenters. The van der Waals surface area contributed by atoms with E-state index in [0.29, 0.717) is 33.2 Å². The van der Waals surface area contributed by atoms with Gasteiger partial charge >= 0.3 is 0 Å². The highest BCUT2D eigenvalue weighted by atomic mass is 35.5. The zero-order valence-electron chi connectivity index (χ0n) is 9.33. The molecular formula is C13H9Cl2FN2. The van der Waals surface area contributed by atoms with Gasteiger partial charge in [-0.05, 0) is 31.0 Å². The Morgan fingerprint density at radius 3 is 2.56 bits per heavy atom. The van der Waals surface area contributed by atoms with E-state index in [9.17, 15) is 4.39 Å². The summed E-state index contributed by atoms with van der Waals surface area (Å²) in [5, 5.41) is 0.704. The van der Waals surface area contributed by atoms with Crippen LogP contribution in [0.5, 0.6) is 0 Å². The Morgan fingerprint density at radius 2 is 1.89 bits per heavy atom. The molecular weight excluding hydrogens is 274 g/mol. The van der Waals surface area contributed by atoms with E-state index in [1.165, 1.54) is 6.07 Å². The number of halogens is 3. The zero-order valence-corrected chi connectivity index (χ0v) is 10.8. The van der Waals surface area contributed by atoms with Crippen LogP contribution in [-0.2, 0) is 0 Å². The molecule has 1 aromatic heterocycles. The van der Waals surface area contributed by atoms with Gasteiger partial charge in [-0.25, -0.2) is 14.4 Å². The van der Waals surface area contributed by atoms with Gasteiger partial charge in [0.15, 0.2) is 0 Å². The lowest BCUT2D eigenvalue weighted by Gasteiger charge is -2.06. The molecule has 0 radical (unpaired) electrons. The zero-order chi connectivity index (χ0) is 12.7. The minimum Gasteiger partial charge on any atom is -0.232 e. The van der Waals surface area contributed by atoms with Crippen LogP contribution in [0.25, 0.3) is 11.3 Å². The number of benzene rings is 1. The Balaban J connectivity index is 2.10. The molecule has 92 valence electrons. The number of aromatic nitrogens is 2. The van der Waals surface area contributed by atoms with E-state index in [4.69, 9.17) is 23.2 Å². The van der Waals surface area contributed by atoms with Crippen molar-refractivity contribution in [2.45, 2.75) is 18.8 Å². The van der Waals surface area contributed by atoms with E-state index in [-0.39, 0.29) is 0 Å². The molecule has 3 rings (SSSR count). The summed E-state index contributed by atoms with van der Waals surface area (Å²) in [7, 11) is 0. The topological polar surface area (TPSA) is 25.8 Å². The highest BCUT2D eigenvalue weighted by molar-refractivity contribution is 6.30. The first kappa shape index (κ1) is 11.9. The first-order valence-electron chi connectivity index (χ1n) is 5.63. The Bertz CT molecular complexity index is 612. The fourth-order valence-electron chi connectivity index (χ4n) is 1.79. The molecule has 1 heterocycles. The van der Waals surface area contributed by atoms with Gasteiger partial charge in [-0.1, -0.05) is 23.2 Å². The van der Waals surface area contributed by atoms with E-state index >= 15 is 0 Å². The van der Waals surface area contributed by atoms with Crippen LogP contribution in [0.15, 0.2) is 24.3 Å². The van der Waals surface area contributed by atoms with Crippen LogP contribution in [0.1, 0.15) is 24.6 Å². The van der Waals surface area contributed by atoms with Crippen molar-refractivity contribution in [3.8, 4) is 11.3 Å². The van der Waals surface area contributed by atoms with Crippen LogP contribution in [0.3, 0.4) is 0 Å². The third kappa shape index (κ3) is 2.33. The van der Waals surface area contributed by atoms with Gasteiger partial charge in [-0.3, -0.25) is 0 Å². The summed E-state index contributed by atoms with van der Waals surface area (Å²) >= 11 is 11.7. The Kier molecular flexibility index (Phi) is 2.96. The molecule has 0 atom stereocenters. The molecule has 18 heavy (non-hydrogen) atoms. The van der Waals surface area contributed by atoms with Crippen molar-refractivity contribution in [3.05, 3.63) is 46.1 Å². The molecule has 0 bridgehead atoms. The number of rotatable bonds is 2. The van der Waals surface area contributed by atoms with Gasteiger partial charge in [0.05, 0.1) is 5.69 Å². The minimum atomic E-state index is -0.404. The molecule has 0 N–H and O–H groups in total. The predicted molar refractivity (Wildman–Crippen MR) is 69.4 cm³/mol. The molecule has 1 fully saturated rings. The largest absolute Gasteiger partial charge is 0.232 e. The normalized spacial score (nSPS) is 14.8. The van der Waals surface area contributed by atoms with Crippen LogP contribution in [0.4, 0.5) is 4.39 Å². The molecule has 1 aliphatic rings. The lowest BCUT2D eigenvalue weighted by molar-refractivity contribution is 0.630. The fourth-order valence-corrected chi connectivity index (χ4v) is 2.14. The quantitative estimate of drug-likeness (QED) is 0.760. The molecule has 0 amide bonds. The lowest BCUT2D eigenvalue weighted by atomic mass is 10.1. The Morgan fingerprint density at radius 1 is 1.11 bits per heavy atom. The number of hydrogen-bond acceptors (Lipinski definition) is 2. The second-order valence-electron chi connectivity index (χ2n) is 4.33. The van der Waals surface area contributed by atoms with Crippen molar-refractivity contribution in [1.82, 2.24) is 9.97 Å². The van der Waals surface area contributed by atoms with E-state index in [2.05, 4.69) is 9.97 Å². The second-order valence-corrected chi connectivity index (χ2v) is 5.16. The molecule has 0 spiro atoms. The van der Waals surface area contributed by atoms with Crippen molar-refractivity contribution < 1.29 is 4.39 Å². The van der Waals surface area contributed by atoms with Gasteiger partial charge in [0.25, 0.3) is 0 Å². The fraction of sp³-hybridized carbons (Fsp3) is 0.231. The molecule has 0 saturated heterocycles. The summed E-state index contributed by atoms with van der Waals surface area (Å²) in [6, 6.07) is 6.07. The third-order valence-electron chi connectivity index (χ3n) is 2.86. The first-order chi connectivity index (χ1) is 8.63. The van der Waals surface area contributed by atoms with E-state index in [1.807, 2.05) is 0 Å². The summed E-state index contributed by atoms with van der Waals surface area (Å²) in [6.07, 6.45) is 2.14. The van der Waals surface area contributed by atoms with E-state index < -0.39 is 5.82 Å². The van der Waals surface area contributed by atoms with Crippen LogP contribution in [-0.4, -0.2) is 9.97 Å². The molecule has 1 saturated carbocycles. The summed E-state index contributed by atoms with van der Waals surface area (Å²) in [6.45, 7) is 0. The SMILES string of the molecule is Fc1cc(Cl)ccc1-c1cc(Cl)nc(C2CC2)n1. The van der Waals surface area contributed by atoms with Gasteiger partial charge in [-0.2, -0.15) is 0 Å². The minimum absolute atomic E-state index is 0.344. The Hall–Kier alpha value is -1.19. The highest BCUT2D eigenvalue weighted by Crippen LogP contribution is 2.39. The van der Waals surface area contributed by atoms with Gasteiger partial charge in [0.2, 0.25) is 0 Å². The van der Waals surface area contributed by atoms with Crippen molar-refractivity contribution in [1.29, 1.82) is 0 Å². The monoisotopic (exact) mass is 282 g/mol. The van der Waals surface area contributed by atoms with Crippen LogP contribution in [0.2, 0.25) is 10.2 Å². The number of nitrogens with zero attached hydrogens (tertiary/aromatic N) is 2. The average Bonchev–Trinajstić information content (AvgIpc) is 3.11. The summed E-state index contributed by atoms with van der Waals surface area (Å²) in [5.41, 5.74) is 0.900. The maximum Gasteiger partial charge on any atom is 0.134 e. The maximum absolute atomic E-state index is 13.8. The van der Waals surface area contributed by atoms with Gasteiger partial charge in [0.1, 0.15) is 16.8 Å². The Labute approximate surface area is 114 Å². The van der Waals surface area contributed by atoms with E-state index in [1.54, 1.807) is 18.2 Å². The lowest BCUT2D eigenvalue weighted by Crippen LogP contribution is -1.96. The predicted octanol–water partition coefficient (Wildman–Crippen LogP) is 4.47. The third-order valence-corrected chi connectivity index (χ3v) is 3.29. The smallest absolute Gasteiger partial charge is 0.134 e. The maximum atomic E-state index is 13.8. The summed E-state index contributed by atoms with van der Waals surface area (Å²) in [4.78, 5) is 8.55. The first-order valence-corrected chi connectivity index (χ1v) is 6.39. The van der Waals surface area contributed by atoms with Crippen molar-refractivity contribution in [2.75, 3.05) is 0 Å². The summed E-state index contributed by atoms with van der Waals surface area (Å²) in [5.74, 6) is 0.670. The van der Waals surface area contributed by atoms with Gasteiger partial charge < -0.3 is 0 Å². The van der Waals surface area contributed by atoms with Crippen LogP contribution < -0.4 is 0 Å². The molecule has 1 aliphatic carbocycles.